The summed E-state index contributed by atoms with van der Waals surface area (Å²) >= 11 is 0. The summed E-state index contributed by atoms with van der Waals surface area (Å²) in [6, 6.07) is 14.0. The minimum Gasteiger partial charge on any atom is -0.384 e. The van der Waals surface area contributed by atoms with Gasteiger partial charge in [-0.15, -0.1) is 0 Å². The highest BCUT2D eigenvalue weighted by Gasteiger charge is 2.18. The van der Waals surface area contributed by atoms with E-state index >= 15 is 0 Å². The van der Waals surface area contributed by atoms with Gasteiger partial charge in [0.1, 0.15) is 11.9 Å². The highest BCUT2D eigenvalue weighted by molar-refractivity contribution is 5.34. The van der Waals surface area contributed by atoms with Crippen molar-refractivity contribution < 1.29 is 9.50 Å². The largest absolute Gasteiger partial charge is 0.384 e. The van der Waals surface area contributed by atoms with Crippen molar-refractivity contribution in [2.24, 2.45) is 0 Å². The normalized spacial score (nSPS) is 13.2. The number of halogens is 1. The van der Waals surface area contributed by atoms with Crippen LogP contribution < -0.4 is 0 Å². The van der Waals surface area contributed by atoms with Crippen molar-refractivity contribution in [3.8, 4) is 0 Å². The number of hydrogen-bond donors (Lipinski definition) is 1. The molecule has 0 fully saturated rings. The van der Waals surface area contributed by atoms with Crippen LogP contribution in [0.4, 0.5) is 4.39 Å². The van der Waals surface area contributed by atoms with Gasteiger partial charge in [-0.25, -0.2) is 4.39 Å². The van der Waals surface area contributed by atoms with Gasteiger partial charge in [-0.1, -0.05) is 57.2 Å². The quantitative estimate of drug-likeness (QED) is 0.862. The average Bonchev–Trinajstić information content (AvgIpc) is 2.47. The van der Waals surface area contributed by atoms with Crippen LogP contribution in [0, 0.1) is 5.82 Å². The Morgan fingerprint density at radius 1 is 0.950 bits per heavy atom. The molecule has 2 heteroatoms. The molecule has 1 nitrogen and oxygen atoms in total. The third kappa shape index (κ3) is 3.07. The number of hydrogen-bond acceptors (Lipinski definition) is 1. The Kier molecular flexibility index (Phi) is 4.24. The van der Waals surface area contributed by atoms with Crippen molar-refractivity contribution in [2.75, 3.05) is 0 Å². The van der Waals surface area contributed by atoms with Gasteiger partial charge in [-0.2, -0.15) is 0 Å². The van der Waals surface area contributed by atoms with Crippen LogP contribution in [0.2, 0.25) is 0 Å². The van der Waals surface area contributed by atoms with Crippen molar-refractivity contribution in [3.63, 3.8) is 0 Å². The van der Waals surface area contributed by atoms with Crippen LogP contribution in [0.15, 0.2) is 48.5 Å². The average molecular weight is 272 g/mol. The van der Waals surface area contributed by atoms with Crippen LogP contribution in [0.25, 0.3) is 0 Å². The Balaban J connectivity index is 2.23. The lowest BCUT2D eigenvalue weighted by Gasteiger charge is -2.24. The van der Waals surface area contributed by atoms with Crippen LogP contribution in [-0.4, -0.2) is 5.11 Å². The molecule has 0 aliphatic rings. The molecule has 0 aromatic heterocycles. The Labute approximate surface area is 120 Å². The van der Waals surface area contributed by atoms with E-state index in [1.807, 2.05) is 12.1 Å². The van der Waals surface area contributed by atoms with Crippen LogP contribution in [-0.2, 0) is 5.41 Å². The van der Waals surface area contributed by atoms with Gasteiger partial charge in [-0.05, 0) is 40.7 Å². The van der Waals surface area contributed by atoms with Crippen LogP contribution in [0.3, 0.4) is 0 Å². The van der Waals surface area contributed by atoms with Crippen molar-refractivity contribution in [3.05, 3.63) is 71.0 Å². The summed E-state index contributed by atoms with van der Waals surface area (Å²) in [5.74, 6) is -0.291. The maximum atomic E-state index is 12.9. The van der Waals surface area contributed by atoms with E-state index in [1.165, 1.54) is 17.7 Å². The highest BCUT2D eigenvalue weighted by atomic mass is 19.1. The van der Waals surface area contributed by atoms with Crippen LogP contribution >= 0.6 is 0 Å². The molecule has 1 unspecified atom stereocenters. The summed E-state index contributed by atoms with van der Waals surface area (Å²) in [6.45, 7) is 6.58. The molecule has 0 amide bonds. The molecule has 2 aromatic rings. The summed E-state index contributed by atoms with van der Waals surface area (Å²) < 4.78 is 12.9. The number of aliphatic hydroxyl groups excluding tert-OH is 1. The van der Waals surface area contributed by atoms with Gasteiger partial charge in [0.2, 0.25) is 0 Å². The van der Waals surface area contributed by atoms with Gasteiger partial charge in [-0.3, -0.25) is 0 Å². The second-order valence-corrected chi connectivity index (χ2v) is 5.81. The molecule has 1 atom stereocenters. The zero-order valence-corrected chi connectivity index (χ0v) is 12.2. The molecule has 2 rings (SSSR count). The SMILES string of the molecule is CCC(C)(C)c1ccc(C(O)c2ccc(F)cc2)cc1. The maximum Gasteiger partial charge on any atom is 0.123 e. The molecular formula is C18H21FO. The van der Waals surface area contributed by atoms with Gasteiger partial charge in [0.25, 0.3) is 0 Å². The zero-order valence-electron chi connectivity index (χ0n) is 12.2. The molecule has 0 radical (unpaired) electrons. The first-order chi connectivity index (χ1) is 9.44. The van der Waals surface area contributed by atoms with E-state index in [9.17, 15) is 9.50 Å². The van der Waals surface area contributed by atoms with Crippen molar-refractivity contribution in [1.29, 1.82) is 0 Å². The lowest BCUT2D eigenvalue weighted by molar-refractivity contribution is 0.220. The molecule has 106 valence electrons. The summed E-state index contributed by atoms with van der Waals surface area (Å²) in [4.78, 5) is 0. The number of benzene rings is 2. The predicted octanol–water partition coefficient (Wildman–Crippen LogP) is 4.60. The summed E-state index contributed by atoms with van der Waals surface area (Å²) in [5.41, 5.74) is 2.93. The fourth-order valence-corrected chi connectivity index (χ4v) is 2.16. The lowest BCUT2D eigenvalue weighted by Crippen LogP contribution is -2.15. The smallest absolute Gasteiger partial charge is 0.123 e. The molecule has 0 aliphatic carbocycles. The van der Waals surface area contributed by atoms with E-state index in [1.54, 1.807) is 12.1 Å². The van der Waals surface area contributed by atoms with E-state index in [4.69, 9.17) is 0 Å². The van der Waals surface area contributed by atoms with Crippen molar-refractivity contribution in [1.82, 2.24) is 0 Å². The first-order valence-electron chi connectivity index (χ1n) is 6.98. The minimum atomic E-state index is -0.714. The van der Waals surface area contributed by atoms with Gasteiger partial charge in [0.15, 0.2) is 0 Å². The third-order valence-corrected chi connectivity index (χ3v) is 4.08. The third-order valence-electron chi connectivity index (χ3n) is 4.08. The fourth-order valence-electron chi connectivity index (χ4n) is 2.16. The van der Waals surface area contributed by atoms with Crippen LogP contribution in [0.1, 0.15) is 50.0 Å². The fraction of sp³-hybridized carbons (Fsp3) is 0.333. The van der Waals surface area contributed by atoms with Crippen molar-refractivity contribution >= 4 is 0 Å². The summed E-state index contributed by atoms with van der Waals surface area (Å²) in [5, 5.41) is 10.3. The summed E-state index contributed by atoms with van der Waals surface area (Å²) in [7, 11) is 0. The van der Waals surface area contributed by atoms with Gasteiger partial charge < -0.3 is 5.11 Å². The van der Waals surface area contributed by atoms with Crippen LogP contribution in [0.5, 0.6) is 0 Å². The molecule has 0 saturated heterocycles. The molecule has 0 saturated carbocycles. The van der Waals surface area contributed by atoms with E-state index in [0.29, 0.717) is 5.56 Å². The van der Waals surface area contributed by atoms with Gasteiger partial charge in [0, 0.05) is 0 Å². The Bertz CT molecular complexity index is 555. The van der Waals surface area contributed by atoms with Gasteiger partial charge in [0.05, 0.1) is 0 Å². The standard InChI is InChI=1S/C18H21FO/c1-4-18(2,3)15-9-5-13(6-10-15)17(20)14-7-11-16(19)12-8-14/h5-12,17,20H,4H2,1-3H3. The molecule has 0 bridgehead atoms. The van der Waals surface area contributed by atoms with Crippen molar-refractivity contribution in [2.45, 2.75) is 38.7 Å². The van der Waals surface area contributed by atoms with E-state index in [2.05, 4.69) is 32.9 Å². The van der Waals surface area contributed by atoms with E-state index in [0.717, 1.165) is 12.0 Å². The Morgan fingerprint density at radius 3 is 1.85 bits per heavy atom. The maximum absolute atomic E-state index is 12.9. The van der Waals surface area contributed by atoms with Gasteiger partial charge >= 0.3 is 0 Å². The number of rotatable bonds is 4. The molecule has 0 spiro atoms. The highest BCUT2D eigenvalue weighted by Crippen LogP contribution is 2.29. The first-order valence-corrected chi connectivity index (χ1v) is 6.98. The second kappa shape index (κ2) is 5.76. The second-order valence-electron chi connectivity index (χ2n) is 5.81. The Morgan fingerprint density at radius 2 is 1.40 bits per heavy atom. The molecule has 0 aliphatic heterocycles. The molecule has 0 heterocycles. The van der Waals surface area contributed by atoms with E-state index < -0.39 is 6.10 Å². The zero-order chi connectivity index (χ0) is 14.8. The predicted molar refractivity (Wildman–Crippen MR) is 80.2 cm³/mol. The molecule has 1 N–H and O–H groups in total. The Hall–Kier alpha value is -1.67. The molecule has 20 heavy (non-hydrogen) atoms. The number of aliphatic hydroxyl groups is 1. The minimum absolute atomic E-state index is 0.138. The molecular weight excluding hydrogens is 251 g/mol. The summed E-state index contributed by atoms with van der Waals surface area (Å²) in [6.07, 6.45) is 0.349. The first kappa shape index (κ1) is 14.7. The molecule has 2 aromatic carbocycles. The topological polar surface area (TPSA) is 20.2 Å². The lowest BCUT2D eigenvalue weighted by atomic mass is 9.82. The monoisotopic (exact) mass is 272 g/mol. The van der Waals surface area contributed by atoms with E-state index in [-0.39, 0.29) is 11.2 Å².